The molecule has 31 heavy (non-hydrogen) atoms. The van der Waals surface area contributed by atoms with E-state index >= 15 is 0 Å². The number of piperidine rings is 1. The Morgan fingerprint density at radius 2 is 1.97 bits per heavy atom. The summed E-state index contributed by atoms with van der Waals surface area (Å²) >= 11 is 0. The van der Waals surface area contributed by atoms with E-state index in [2.05, 4.69) is 27.1 Å². The molecule has 5 rings (SSSR count). The number of ether oxygens (including phenoxy) is 1. The van der Waals surface area contributed by atoms with Gasteiger partial charge in [-0.05, 0) is 56.2 Å². The number of amides is 1. The Hall–Kier alpha value is -3.16. The van der Waals surface area contributed by atoms with E-state index in [-0.39, 0.29) is 16.9 Å². The molecule has 3 heterocycles. The van der Waals surface area contributed by atoms with Crippen LogP contribution in [0.25, 0.3) is 0 Å². The molecule has 0 radical (unpaired) electrons. The molecule has 0 atom stereocenters. The molecule has 0 bridgehead atoms. The highest BCUT2D eigenvalue weighted by atomic mass is 16.5. The van der Waals surface area contributed by atoms with Crippen molar-refractivity contribution in [3.63, 3.8) is 0 Å². The Balaban J connectivity index is 1.33. The van der Waals surface area contributed by atoms with Crippen LogP contribution in [-0.2, 0) is 4.79 Å². The zero-order valence-corrected chi connectivity index (χ0v) is 17.9. The Kier molecular flexibility index (Phi) is 4.60. The molecule has 2 saturated heterocycles. The monoisotopic (exact) mass is 421 g/mol. The van der Waals surface area contributed by atoms with Crippen molar-refractivity contribution in [2.45, 2.75) is 44.6 Å². The number of nitrogen functional groups attached to an aromatic ring is 1. The molecule has 8 heteroatoms. The van der Waals surface area contributed by atoms with E-state index in [1.807, 2.05) is 24.3 Å². The molecule has 3 aliphatic rings. The van der Waals surface area contributed by atoms with E-state index in [0.29, 0.717) is 23.5 Å². The van der Waals surface area contributed by atoms with Crippen molar-refractivity contribution in [3.05, 3.63) is 41.9 Å². The normalized spacial score (nSPS) is 21.1. The van der Waals surface area contributed by atoms with Crippen molar-refractivity contribution >= 4 is 23.1 Å². The number of carbonyl (C=O) groups excluding carboxylic acids is 1. The molecule has 0 unspecified atom stereocenters. The average molecular weight is 422 g/mol. The SMILES string of the molecule is CC1(Oc2ccc(N)c(C(=[NH2+])c3cc(N4CCC5(CC4)CNC(=O)C5)ncn3)c2)CC1. The van der Waals surface area contributed by atoms with Crippen molar-refractivity contribution < 1.29 is 14.9 Å². The minimum absolute atomic E-state index is 0.0741. The van der Waals surface area contributed by atoms with E-state index in [4.69, 9.17) is 15.9 Å². The summed E-state index contributed by atoms with van der Waals surface area (Å²) < 4.78 is 6.07. The second-order valence-corrected chi connectivity index (χ2v) is 9.42. The average Bonchev–Trinajstić information content (AvgIpc) is 3.39. The standard InChI is InChI=1S/C23H28N6O2/c1-22(4-5-22)31-15-2-3-17(24)16(10-15)21(25)18-11-19(28-14-27-18)29-8-6-23(7-9-29)12-20(30)26-13-23/h2-3,10-11,14,25H,4-9,12-13,24H2,1H3,(H,26,30)/p+1. The van der Waals surface area contributed by atoms with E-state index in [9.17, 15) is 4.79 Å². The van der Waals surface area contributed by atoms with Crippen LogP contribution in [0.4, 0.5) is 11.5 Å². The lowest BCUT2D eigenvalue weighted by atomic mass is 9.77. The van der Waals surface area contributed by atoms with Crippen molar-refractivity contribution in [3.8, 4) is 5.75 Å². The number of nitrogens with one attached hydrogen (secondary N) is 1. The number of hydrogen-bond donors (Lipinski definition) is 3. The minimum atomic E-state index is -0.0741. The fourth-order valence-corrected chi connectivity index (χ4v) is 4.52. The van der Waals surface area contributed by atoms with Crippen molar-refractivity contribution in [2.24, 2.45) is 5.41 Å². The summed E-state index contributed by atoms with van der Waals surface area (Å²) in [6, 6.07) is 7.52. The smallest absolute Gasteiger partial charge is 0.232 e. The van der Waals surface area contributed by atoms with Gasteiger partial charge in [0.1, 0.15) is 29.2 Å². The Bertz CT molecular complexity index is 1040. The fraction of sp³-hybridized carbons (Fsp3) is 0.478. The lowest BCUT2D eigenvalue weighted by molar-refractivity contribution is -0.119. The number of benzene rings is 1. The molecule has 1 spiro atoms. The highest BCUT2D eigenvalue weighted by Gasteiger charge is 2.41. The van der Waals surface area contributed by atoms with Crippen LogP contribution in [0.1, 0.15) is 50.3 Å². The summed E-state index contributed by atoms with van der Waals surface area (Å²) in [4.78, 5) is 22.8. The lowest BCUT2D eigenvalue weighted by Gasteiger charge is -2.38. The topological polar surface area (TPSA) is 119 Å². The molecule has 8 nitrogen and oxygen atoms in total. The molecular formula is C23H29N6O2+. The van der Waals surface area contributed by atoms with Crippen LogP contribution in [0, 0.1) is 5.41 Å². The van der Waals surface area contributed by atoms with Gasteiger partial charge in [0.25, 0.3) is 0 Å². The number of nitrogens with two attached hydrogens (primary N) is 2. The Morgan fingerprint density at radius 1 is 1.19 bits per heavy atom. The van der Waals surface area contributed by atoms with Crippen LogP contribution in [-0.4, -0.2) is 46.8 Å². The van der Waals surface area contributed by atoms with Crippen LogP contribution in [0.5, 0.6) is 5.75 Å². The van der Waals surface area contributed by atoms with Crippen molar-refractivity contribution in [1.82, 2.24) is 15.3 Å². The zero-order chi connectivity index (χ0) is 21.6. The van der Waals surface area contributed by atoms with Gasteiger partial charge in [-0.1, -0.05) is 0 Å². The maximum absolute atomic E-state index is 11.7. The molecule has 1 aromatic carbocycles. The van der Waals surface area contributed by atoms with E-state index in [1.165, 1.54) is 0 Å². The Morgan fingerprint density at radius 3 is 2.65 bits per heavy atom. The van der Waals surface area contributed by atoms with Gasteiger partial charge in [-0.15, -0.1) is 0 Å². The maximum atomic E-state index is 11.7. The summed E-state index contributed by atoms with van der Waals surface area (Å²) in [5.74, 6) is 1.78. The van der Waals surface area contributed by atoms with Crippen LogP contribution in [0.3, 0.4) is 0 Å². The quantitative estimate of drug-likeness (QED) is 0.483. The number of carbonyl (C=O) groups is 1. The molecule has 2 aliphatic heterocycles. The van der Waals surface area contributed by atoms with Crippen LogP contribution < -0.4 is 26.1 Å². The molecule has 162 valence electrons. The Labute approximate surface area is 181 Å². The lowest BCUT2D eigenvalue weighted by Crippen LogP contribution is -2.43. The van der Waals surface area contributed by atoms with Crippen molar-refractivity contribution in [1.29, 1.82) is 0 Å². The van der Waals surface area contributed by atoms with Crippen LogP contribution >= 0.6 is 0 Å². The predicted octanol–water partition coefficient (Wildman–Crippen LogP) is 0.693. The second kappa shape index (κ2) is 7.21. The molecule has 2 aromatic rings. The zero-order valence-electron chi connectivity index (χ0n) is 17.9. The molecule has 5 N–H and O–H groups in total. The largest absolute Gasteiger partial charge is 0.488 e. The number of aromatic nitrogens is 2. The molecule has 1 amide bonds. The first kappa shape index (κ1) is 19.8. The first-order valence-electron chi connectivity index (χ1n) is 10.9. The van der Waals surface area contributed by atoms with Gasteiger partial charge >= 0.3 is 0 Å². The fourth-order valence-electron chi connectivity index (χ4n) is 4.52. The molecule has 1 aromatic heterocycles. The third kappa shape index (κ3) is 3.94. The summed E-state index contributed by atoms with van der Waals surface area (Å²) in [6.45, 7) is 4.60. The van der Waals surface area contributed by atoms with Crippen LogP contribution in [0.15, 0.2) is 30.6 Å². The summed E-state index contributed by atoms with van der Waals surface area (Å²) in [5, 5.41) is 9.48. The number of hydrogen-bond acceptors (Lipinski definition) is 6. The van der Waals surface area contributed by atoms with Gasteiger partial charge in [0, 0.05) is 37.8 Å². The second-order valence-electron chi connectivity index (χ2n) is 9.42. The summed E-state index contributed by atoms with van der Waals surface area (Å²) in [5.41, 5.74) is 8.70. The van der Waals surface area contributed by atoms with Gasteiger partial charge in [-0.2, -0.15) is 0 Å². The predicted molar refractivity (Wildman–Crippen MR) is 118 cm³/mol. The van der Waals surface area contributed by atoms with E-state index in [1.54, 1.807) is 6.33 Å². The molecular weight excluding hydrogens is 392 g/mol. The van der Waals surface area contributed by atoms with E-state index in [0.717, 1.165) is 62.4 Å². The number of rotatable bonds is 5. The van der Waals surface area contributed by atoms with E-state index < -0.39 is 0 Å². The van der Waals surface area contributed by atoms with Gasteiger partial charge in [0.15, 0.2) is 0 Å². The molecule has 1 aliphatic carbocycles. The maximum Gasteiger partial charge on any atom is 0.232 e. The third-order valence-corrected chi connectivity index (χ3v) is 6.91. The molecule has 1 saturated carbocycles. The highest BCUT2D eigenvalue weighted by molar-refractivity contribution is 6.11. The van der Waals surface area contributed by atoms with Gasteiger partial charge in [0.05, 0.1) is 5.56 Å². The highest BCUT2D eigenvalue weighted by Crippen LogP contribution is 2.40. The molecule has 3 fully saturated rings. The van der Waals surface area contributed by atoms with Crippen LogP contribution in [0.2, 0.25) is 0 Å². The van der Waals surface area contributed by atoms with Gasteiger partial charge in [-0.3, -0.25) is 10.2 Å². The first-order valence-corrected chi connectivity index (χ1v) is 10.9. The summed E-state index contributed by atoms with van der Waals surface area (Å²) in [6.07, 6.45) is 6.23. The number of nitrogens with zero attached hydrogens (tertiary/aromatic N) is 3. The van der Waals surface area contributed by atoms with Gasteiger partial charge in [-0.25, -0.2) is 9.97 Å². The minimum Gasteiger partial charge on any atom is -0.488 e. The third-order valence-electron chi connectivity index (χ3n) is 6.91. The van der Waals surface area contributed by atoms with Gasteiger partial charge in [0.2, 0.25) is 11.6 Å². The van der Waals surface area contributed by atoms with Gasteiger partial charge < -0.3 is 20.7 Å². The summed E-state index contributed by atoms with van der Waals surface area (Å²) in [7, 11) is 0. The first-order chi connectivity index (χ1) is 14.8. The van der Waals surface area contributed by atoms with Crippen molar-refractivity contribution in [2.75, 3.05) is 30.3 Å². The number of anilines is 2.